The van der Waals surface area contributed by atoms with Crippen molar-refractivity contribution in [1.29, 1.82) is 0 Å². The lowest BCUT2D eigenvalue weighted by Gasteiger charge is -2.17. The van der Waals surface area contributed by atoms with Gasteiger partial charge in [0, 0.05) is 5.92 Å². The Bertz CT molecular complexity index is 548. The Morgan fingerprint density at radius 1 is 1.14 bits per heavy atom. The second-order valence-electron chi connectivity index (χ2n) is 6.84. The predicted octanol–water partition coefficient (Wildman–Crippen LogP) is 3.14. The van der Waals surface area contributed by atoms with Crippen molar-refractivity contribution in [3.8, 4) is 0 Å². The SMILES string of the molecule is CC(C)c1ccc(C2CC2C(=O)N[C@@H](C(=O)O)C(C)C)cc1. The van der Waals surface area contributed by atoms with E-state index in [1.165, 1.54) is 11.1 Å². The van der Waals surface area contributed by atoms with Gasteiger partial charge in [0.15, 0.2) is 0 Å². The molecule has 2 N–H and O–H groups in total. The zero-order valence-electron chi connectivity index (χ0n) is 13.7. The van der Waals surface area contributed by atoms with Crippen LogP contribution in [0.5, 0.6) is 0 Å². The highest BCUT2D eigenvalue weighted by molar-refractivity contribution is 5.87. The normalized spacial score (nSPS) is 21.7. The fourth-order valence-corrected chi connectivity index (χ4v) is 2.76. The third-order valence-corrected chi connectivity index (χ3v) is 4.39. The molecule has 2 unspecified atom stereocenters. The van der Waals surface area contributed by atoms with E-state index in [1.807, 2.05) is 0 Å². The molecule has 1 aromatic rings. The lowest BCUT2D eigenvalue weighted by Crippen LogP contribution is -2.45. The van der Waals surface area contributed by atoms with Crippen molar-refractivity contribution in [2.24, 2.45) is 11.8 Å². The summed E-state index contributed by atoms with van der Waals surface area (Å²) >= 11 is 0. The van der Waals surface area contributed by atoms with E-state index in [0.717, 1.165) is 6.42 Å². The van der Waals surface area contributed by atoms with Gasteiger partial charge in [0.2, 0.25) is 5.91 Å². The van der Waals surface area contributed by atoms with Gasteiger partial charge in [-0.1, -0.05) is 52.0 Å². The molecule has 0 aromatic heterocycles. The van der Waals surface area contributed by atoms with Crippen molar-refractivity contribution in [2.75, 3.05) is 0 Å². The van der Waals surface area contributed by atoms with E-state index >= 15 is 0 Å². The van der Waals surface area contributed by atoms with Gasteiger partial charge < -0.3 is 10.4 Å². The Labute approximate surface area is 131 Å². The Kier molecular flexibility index (Phi) is 4.89. The third kappa shape index (κ3) is 3.67. The highest BCUT2D eigenvalue weighted by atomic mass is 16.4. The maximum atomic E-state index is 12.2. The van der Waals surface area contributed by atoms with Gasteiger partial charge >= 0.3 is 5.97 Å². The largest absolute Gasteiger partial charge is 0.480 e. The molecule has 1 aliphatic rings. The number of rotatable bonds is 6. The molecular weight excluding hydrogens is 278 g/mol. The van der Waals surface area contributed by atoms with Gasteiger partial charge in [-0.05, 0) is 35.3 Å². The summed E-state index contributed by atoms with van der Waals surface area (Å²) in [4.78, 5) is 23.4. The average Bonchev–Trinajstić information content (AvgIpc) is 3.24. The molecule has 1 saturated carbocycles. The van der Waals surface area contributed by atoms with Crippen LogP contribution < -0.4 is 5.32 Å². The maximum absolute atomic E-state index is 12.2. The molecule has 0 heterocycles. The lowest BCUT2D eigenvalue weighted by molar-refractivity contribution is -0.143. The molecule has 0 radical (unpaired) electrons. The summed E-state index contributed by atoms with van der Waals surface area (Å²) in [5.41, 5.74) is 2.46. The van der Waals surface area contributed by atoms with E-state index in [2.05, 4.69) is 43.4 Å². The molecule has 1 aromatic carbocycles. The molecule has 1 amide bonds. The standard InChI is InChI=1S/C18H25NO3/c1-10(2)12-5-7-13(8-6-12)14-9-15(14)17(20)19-16(11(3)4)18(21)22/h5-8,10-11,14-16H,9H2,1-4H3,(H,19,20)(H,21,22)/t14?,15?,16-/m1/s1. The number of carboxylic acid groups (broad SMARTS) is 1. The van der Waals surface area contributed by atoms with Crippen LogP contribution in [-0.2, 0) is 9.59 Å². The van der Waals surface area contributed by atoms with Crippen LogP contribution in [0.25, 0.3) is 0 Å². The van der Waals surface area contributed by atoms with Crippen LogP contribution in [-0.4, -0.2) is 23.0 Å². The Hall–Kier alpha value is -1.84. The fraction of sp³-hybridized carbons (Fsp3) is 0.556. The van der Waals surface area contributed by atoms with Crippen LogP contribution in [0.3, 0.4) is 0 Å². The summed E-state index contributed by atoms with van der Waals surface area (Å²) in [5.74, 6) is -0.604. The van der Waals surface area contributed by atoms with E-state index in [-0.39, 0.29) is 23.7 Å². The zero-order valence-corrected chi connectivity index (χ0v) is 13.7. The second kappa shape index (κ2) is 6.51. The number of carboxylic acids is 1. The monoisotopic (exact) mass is 303 g/mol. The Morgan fingerprint density at radius 2 is 1.73 bits per heavy atom. The predicted molar refractivity (Wildman–Crippen MR) is 85.8 cm³/mol. The number of carbonyl (C=O) groups is 2. The van der Waals surface area contributed by atoms with Gasteiger partial charge in [-0.25, -0.2) is 4.79 Å². The molecule has 0 bridgehead atoms. The van der Waals surface area contributed by atoms with Crippen LogP contribution in [0.4, 0.5) is 0 Å². The molecule has 1 fully saturated rings. The molecule has 4 nitrogen and oxygen atoms in total. The number of hydrogen-bond acceptors (Lipinski definition) is 2. The number of amides is 1. The minimum Gasteiger partial charge on any atom is -0.480 e. The molecule has 0 spiro atoms. The zero-order chi connectivity index (χ0) is 16.4. The van der Waals surface area contributed by atoms with Crippen molar-refractivity contribution in [3.63, 3.8) is 0 Å². The number of carbonyl (C=O) groups excluding carboxylic acids is 1. The van der Waals surface area contributed by atoms with E-state index in [9.17, 15) is 9.59 Å². The van der Waals surface area contributed by atoms with Crippen LogP contribution in [0, 0.1) is 11.8 Å². The third-order valence-electron chi connectivity index (χ3n) is 4.39. The van der Waals surface area contributed by atoms with Crippen LogP contribution in [0.1, 0.15) is 57.1 Å². The molecule has 4 heteroatoms. The number of hydrogen-bond donors (Lipinski definition) is 2. The maximum Gasteiger partial charge on any atom is 0.326 e. The molecule has 1 aliphatic carbocycles. The van der Waals surface area contributed by atoms with Gasteiger partial charge in [0.05, 0.1) is 0 Å². The van der Waals surface area contributed by atoms with Crippen LogP contribution in [0.2, 0.25) is 0 Å². The molecule has 120 valence electrons. The Morgan fingerprint density at radius 3 is 2.18 bits per heavy atom. The summed E-state index contributed by atoms with van der Waals surface area (Å²) < 4.78 is 0. The van der Waals surface area contributed by atoms with E-state index in [0.29, 0.717) is 5.92 Å². The summed E-state index contributed by atoms with van der Waals surface area (Å²) in [6.07, 6.45) is 0.803. The first kappa shape index (κ1) is 16.5. The summed E-state index contributed by atoms with van der Waals surface area (Å²) in [5, 5.41) is 11.8. The first-order valence-electron chi connectivity index (χ1n) is 7.94. The lowest BCUT2D eigenvalue weighted by atomic mass is 9.99. The smallest absolute Gasteiger partial charge is 0.326 e. The first-order chi connectivity index (χ1) is 10.3. The van der Waals surface area contributed by atoms with Gasteiger partial charge in [0.25, 0.3) is 0 Å². The Balaban J connectivity index is 1.96. The number of benzene rings is 1. The quantitative estimate of drug-likeness (QED) is 0.848. The van der Waals surface area contributed by atoms with E-state index < -0.39 is 12.0 Å². The first-order valence-corrected chi connectivity index (χ1v) is 7.94. The number of nitrogens with one attached hydrogen (secondary N) is 1. The van der Waals surface area contributed by atoms with Gasteiger partial charge in [-0.3, -0.25) is 4.79 Å². The average molecular weight is 303 g/mol. The second-order valence-corrected chi connectivity index (χ2v) is 6.84. The van der Waals surface area contributed by atoms with Crippen molar-refractivity contribution in [2.45, 2.75) is 52.0 Å². The minimum atomic E-state index is -0.971. The molecule has 22 heavy (non-hydrogen) atoms. The van der Waals surface area contributed by atoms with Gasteiger partial charge in [0.1, 0.15) is 6.04 Å². The van der Waals surface area contributed by atoms with Crippen molar-refractivity contribution < 1.29 is 14.7 Å². The van der Waals surface area contributed by atoms with Crippen molar-refractivity contribution >= 4 is 11.9 Å². The molecule has 3 atom stereocenters. The summed E-state index contributed by atoms with van der Waals surface area (Å²) in [6.45, 7) is 7.91. The van der Waals surface area contributed by atoms with Crippen molar-refractivity contribution in [1.82, 2.24) is 5.32 Å². The molecule has 2 rings (SSSR count). The molecule has 0 aliphatic heterocycles. The topological polar surface area (TPSA) is 66.4 Å². The number of aliphatic carboxylic acids is 1. The highest BCUT2D eigenvalue weighted by Crippen LogP contribution is 2.47. The molecule has 0 saturated heterocycles. The van der Waals surface area contributed by atoms with E-state index in [4.69, 9.17) is 5.11 Å². The minimum absolute atomic E-state index is 0.0921. The van der Waals surface area contributed by atoms with E-state index in [1.54, 1.807) is 13.8 Å². The van der Waals surface area contributed by atoms with Crippen molar-refractivity contribution in [3.05, 3.63) is 35.4 Å². The van der Waals surface area contributed by atoms with Gasteiger partial charge in [-0.15, -0.1) is 0 Å². The van der Waals surface area contributed by atoms with Crippen LogP contribution >= 0.6 is 0 Å². The van der Waals surface area contributed by atoms with Gasteiger partial charge in [-0.2, -0.15) is 0 Å². The molecular formula is C18H25NO3. The summed E-state index contributed by atoms with van der Waals surface area (Å²) in [7, 11) is 0. The highest BCUT2D eigenvalue weighted by Gasteiger charge is 2.45. The summed E-state index contributed by atoms with van der Waals surface area (Å²) in [6, 6.07) is 7.59. The fourth-order valence-electron chi connectivity index (χ4n) is 2.76. The van der Waals surface area contributed by atoms with Crippen LogP contribution in [0.15, 0.2) is 24.3 Å².